The molecule has 1 atom stereocenters. The van der Waals surface area contributed by atoms with Crippen molar-refractivity contribution in [2.75, 3.05) is 0 Å². The third-order valence-electron chi connectivity index (χ3n) is 4.58. The maximum absolute atomic E-state index is 13.3. The molecule has 0 aliphatic heterocycles. The highest BCUT2D eigenvalue weighted by Gasteiger charge is 2.16. The maximum Gasteiger partial charge on any atom is 0.275 e. The van der Waals surface area contributed by atoms with E-state index < -0.39 is 11.1 Å². The van der Waals surface area contributed by atoms with Crippen molar-refractivity contribution in [1.29, 1.82) is 0 Å². The molecule has 0 saturated heterocycles. The van der Waals surface area contributed by atoms with E-state index >= 15 is 0 Å². The van der Waals surface area contributed by atoms with Gasteiger partial charge in [-0.2, -0.15) is 16.4 Å². The van der Waals surface area contributed by atoms with Crippen LogP contribution in [0.4, 0.5) is 0 Å². The van der Waals surface area contributed by atoms with Crippen molar-refractivity contribution in [2.24, 2.45) is 0 Å². The largest absolute Gasteiger partial charge is 0.306 e. The van der Waals surface area contributed by atoms with Crippen LogP contribution < -0.4 is 5.56 Å². The van der Waals surface area contributed by atoms with Crippen molar-refractivity contribution in [3.63, 3.8) is 0 Å². The van der Waals surface area contributed by atoms with Gasteiger partial charge in [0.05, 0.1) is 24.1 Å². The van der Waals surface area contributed by atoms with Gasteiger partial charge in [0.25, 0.3) is 5.56 Å². The normalized spacial score (nSPS) is 12.0. The molecule has 5 nitrogen and oxygen atoms in total. The van der Waals surface area contributed by atoms with Crippen molar-refractivity contribution in [1.82, 2.24) is 9.78 Å². The van der Waals surface area contributed by atoms with Crippen molar-refractivity contribution < 1.29 is 8.76 Å². The van der Waals surface area contributed by atoms with Gasteiger partial charge in [-0.05, 0) is 39.1 Å². The fourth-order valence-electron chi connectivity index (χ4n) is 3.19. The summed E-state index contributed by atoms with van der Waals surface area (Å²) in [6.07, 6.45) is 1.72. The Kier molecular flexibility index (Phi) is 5.80. The van der Waals surface area contributed by atoms with Gasteiger partial charge in [-0.15, -0.1) is 0 Å². The molecule has 0 saturated carbocycles. The Bertz CT molecular complexity index is 1190. The summed E-state index contributed by atoms with van der Waals surface area (Å²) < 4.78 is 21.6. The molecule has 4 rings (SSSR count). The minimum Gasteiger partial charge on any atom is -0.306 e. The summed E-state index contributed by atoms with van der Waals surface area (Å²) in [6, 6.07) is 19.0. The minimum atomic E-state index is -1.89. The van der Waals surface area contributed by atoms with E-state index in [-0.39, 0.29) is 11.3 Å². The molecular formula is C22H18N2O3S2. The predicted molar refractivity (Wildman–Crippen MR) is 117 cm³/mol. The number of hydrogen-bond acceptors (Lipinski definition) is 4. The second-order valence-corrected chi connectivity index (χ2v) is 8.27. The first-order chi connectivity index (χ1) is 14.1. The van der Waals surface area contributed by atoms with Gasteiger partial charge in [-0.1, -0.05) is 54.6 Å². The Hall–Kier alpha value is -2.87. The molecule has 0 amide bonds. The van der Waals surface area contributed by atoms with Crippen molar-refractivity contribution >= 4 is 22.4 Å². The maximum atomic E-state index is 13.3. The van der Waals surface area contributed by atoms with Crippen molar-refractivity contribution in [3.8, 4) is 22.3 Å². The first kappa shape index (κ1) is 19.4. The van der Waals surface area contributed by atoms with Gasteiger partial charge in [-0.3, -0.25) is 4.79 Å². The first-order valence-corrected chi connectivity index (χ1v) is 11.2. The fraction of sp³-hybridized carbons (Fsp3) is 0.0909. The molecule has 146 valence electrons. The van der Waals surface area contributed by atoms with Crippen LogP contribution in [0.1, 0.15) is 11.1 Å². The quantitative estimate of drug-likeness (QED) is 0.467. The van der Waals surface area contributed by atoms with E-state index in [0.717, 1.165) is 27.8 Å². The van der Waals surface area contributed by atoms with E-state index in [1.807, 2.05) is 59.3 Å². The topological polar surface area (TPSA) is 72.2 Å². The summed E-state index contributed by atoms with van der Waals surface area (Å²) in [6.45, 7) is 0.401. The molecule has 0 bridgehead atoms. The van der Waals surface area contributed by atoms with Gasteiger partial charge >= 0.3 is 0 Å². The van der Waals surface area contributed by atoms with Crippen LogP contribution in [0, 0.1) is 0 Å². The first-order valence-electron chi connectivity index (χ1n) is 8.95. The van der Waals surface area contributed by atoms with Gasteiger partial charge < -0.3 is 4.55 Å². The number of hydrogen-bond donors (Lipinski definition) is 1. The van der Waals surface area contributed by atoms with E-state index in [0.29, 0.717) is 12.1 Å². The molecule has 1 unspecified atom stereocenters. The van der Waals surface area contributed by atoms with Gasteiger partial charge in [-0.25, -0.2) is 8.89 Å². The molecule has 0 aliphatic rings. The number of benzene rings is 2. The Morgan fingerprint density at radius 1 is 0.966 bits per heavy atom. The average molecular weight is 423 g/mol. The van der Waals surface area contributed by atoms with E-state index in [1.165, 1.54) is 16.0 Å². The lowest BCUT2D eigenvalue weighted by molar-refractivity contribution is 0.563. The van der Waals surface area contributed by atoms with Crippen LogP contribution in [0.2, 0.25) is 0 Å². The number of aromatic nitrogens is 2. The lowest BCUT2D eigenvalue weighted by Gasteiger charge is -2.12. The van der Waals surface area contributed by atoms with Gasteiger partial charge in [0, 0.05) is 5.56 Å². The summed E-state index contributed by atoms with van der Waals surface area (Å²) in [4.78, 5) is 13.3. The molecule has 2 heterocycles. The lowest BCUT2D eigenvalue weighted by atomic mass is 9.98. The summed E-state index contributed by atoms with van der Waals surface area (Å²) in [5.74, 6) is 0.0780. The Morgan fingerprint density at radius 3 is 2.38 bits per heavy atom. The second kappa shape index (κ2) is 8.65. The van der Waals surface area contributed by atoms with Crippen LogP contribution in [0.25, 0.3) is 22.3 Å². The van der Waals surface area contributed by atoms with E-state index in [2.05, 4.69) is 5.10 Å². The highest BCUT2D eigenvalue weighted by molar-refractivity contribution is 7.78. The molecule has 7 heteroatoms. The highest BCUT2D eigenvalue weighted by Crippen LogP contribution is 2.30. The third-order valence-corrected chi connectivity index (χ3v) is 5.85. The van der Waals surface area contributed by atoms with Crippen LogP contribution in [0.3, 0.4) is 0 Å². The number of rotatable bonds is 6. The van der Waals surface area contributed by atoms with Crippen LogP contribution in [0.5, 0.6) is 0 Å². The SMILES string of the molecule is O=c1c(-c2ccsc2)c(-c2ccc(CS(=O)O)cc2)cnn1Cc1ccccc1. The minimum absolute atomic E-state index is 0.0780. The van der Waals surface area contributed by atoms with E-state index in [4.69, 9.17) is 4.55 Å². The molecule has 2 aromatic carbocycles. The Morgan fingerprint density at radius 2 is 1.72 bits per heavy atom. The smallest absolute Gasteiger partial charge is 0.275 e. The molecule has 1 N–H and O–H groups in total. The van der Waals surface area contributed by atoms with Gasteiger partial charge in [0.2, 0.25) is 0 Å². The van der Waals surface area contributed by atoms with Crippen molar-refractivity contribution in [3.05, 3.63) is 99.1 Å². The summed E-state index contributed by atoms with van der Waals surface area (Å²) in [5, 5.41) is 8.31. The standard InChI is InChI=1S/C22H18N2O3S2/c25-22-21(19-10-11-28-14-19)20(18-8-6-17(7-9-18)15-29(26)27)12-23-24(22)13-16-4-2-1-3-5-16/h1-12,14H,13,15H2,(H,26,27). The Labute approximate surface area is 174 Å². The lowest BCUT2D eigenvalue weighted by Crippen LogP contribution is -2.25. The number of thiophene rings is 1. The monoisotopic (exact) mass is 422 g/mol. The van der Waals surface area contributed by atoms with Gasteiger partial charge in [0.15, 0.2) is 11.1 Å². The molecule has 2 aromatic heterocycles. The summed E-state index contributed by atoms with van der Waals surface area (Å²) >= 11 is -0.351. The average Bonchev–Trinajstić information content (AvgIpc) is 3.25. The molecule has 0 aliphatic carbocycles. The van der Waals surface area contributed by atoms with Crippen LogP contribution >= 0.6 is 11.3 Å². The van der Waals surface area contributed by atoms with E-state index in [1.54, 1.807) is 18.3 Å². The molecule has 0 fully saturated rings. The second-order valence-electron chi connectivity index (χ2n) is 6.56. The van der Waals surface area contributed by atoms with Crippen LogP contribution in [-0.4, -0.2) is 18.5 Å². The predicted octanol–water partition coefficient (Wildman–Crippen LogP) is 4.41. The van der Waals surface area contributed by atoms with E-state index in [9.17, 15) is 9.00 Å². The molecule has 4 aromatic rings. The third kappa shape index (κ3) is 4.42. The number of nitrogens with zero attached hydrogens (tertiary/aromatic N) is 2. The highest BCUT2D eigenvalue weighted by atomic mass is 32.2. The molecular weight excluding hydrogens is 404 g/mol. The zero-order chi connectivity index (χ0) is 20.2. The zero-order valence-corrected chi connectivity index (χ0v) is 17.0. The molecule has 0 spiro atoms. The molecule has 0 radical (unpaired) electrons. The zero-order valence-electron chi connectivity index (χ0n) is 15.4. The van der Waals surface area contributed by atoms with Crippen LogP contribution in [-0.2, 0) is 23.4 Å². The fourth-order valence-corrected chi connectivity index (χ4v) is 4.31. The van der Waals surface area contributed by atoms with Crippen molar-refractivity contribution in [2.45, 2.75) is 12.3 Å². The Balaban J connectivity index is 1.79. The van der Waals surface area contributed by atoms with Gasteiger partial charge in [0.1, 0.15) is 0 Å². The summed E-state index contributed by atoms with van der Waals surface area (Å²) in [7, 11) is 0. The summed E-state index contributed by atoms with van der Waals surface area (Å²) in [5.41, 5.74) is 4.68. The molecule has 29 heavy (non-hydrogen) atoms. The van der Waals surface area contributed by atoms with Crippen LogP contribution in [0.15, 0.2) is 82.4 Å².